The Morgan fingerprint density at radius 3 is 2.19 bits per heavy atom. The van der Waals surface area contributed by atoms with Crippen molar-refractivity contribution in [3.8, 4) is 5.75 Å². The van der Waals surface area contributed by atoms with Gasteiger partial charge in [-0.25, -0.2) is 0 Å². The topological polar surface area (TPSA) is 86.5 Å². The summed E-state index contributed by atoms with van der Waals surface area (Å²) in [6, 6.07) is 18.6. The van der Waals surface area contributed by atoms with Crippen molar-refractivity contribution in [3.05, 3.63) is 88.4 Å². The fraction of sp³-hybridized carbons (Fsp3) is 0.208. The zero-order valence-corrected chi connectivity index (χ0v) is 19.8. The van der Waals surface area contributed by atoms with Crippen molar-refractivity contribution in [2.24, 2.45) is 5.73 Å². The van der Waals surface area contributed by atoms with E-state index in [0.29, 0.717) is 27.6 Å². The Bertz CT molecular complexity index is 1230. The van der Waals surface area contributed by atoms with E-state index >= 15 is 0 Å². The van der Waals surface area contributed by atoms with Crippen LogP contribution >= 0.6 is 11.6 Å². The standard InChI is InChI=1S/C24H25ClN2O4S/c1-17-7-13-21(14-8-17)32(29,30)27(16-24(26)28,23-6-4-5-22(25)18(23)2)15-19-9-11-20(31-3)12-10-19/h4-14H,15-16H2,1-3H3,(H-,26,28)/p+1. The average molecular weight is 474 g/mol. The molecule has 8 heteroatoms. The summed E-state index contributed by atoms with van der Waals surface area (Å²) in [6.45, 7) is 3.14. The monoisotopic (exact) mass is 473 g/mol. The molecule has 0 aliphatic rings. The lowest BCUT2D eigenvalue weighted by Crippen LogP contribution is -2.57. The van der Waals surface area contributed by atoms with Crippen LogP contribution in [0.15, 0.2) is 71.6 Å². The summed E-state index contributed by atoms with van der Waals surface area (Å²) in [5.41, 5.74) is 8.21. The third-order valence-corrected chi connectivity index (χ3v) is 8.12. The van der Waals surface area contributed by atoms with Crippen molar-refractivity contribution in [2.75, 3.05) is 13.7 Å². The number of methoxy groups -OCH3 is 1. The second-order valence-electron chi connectivity index (χ2n) is 7.69. The van der Waals surface area contributed by atoms with E-state index in [4.69, 9.17) is 22.1 Å². The zero-order valence-electron chi connectivity index (χ0n) is 18.2. The molecule has 0 aliphatic carbocycles. The molecule has 0 aromatic heterocycles. The van der Waals surface area contributed by atoms with Crippen LogP contribution < -0.4 is 14.4 Å². The largest absolute Gasteiger partial charge is 0.497 e. The Hall–Kier alpha value is -2.87. The normalized spacial score (nSPS) is 13.4. The molecule has 0 saturated carbocycles. The van der Waals surface area contributed by atoms with Gasteiger partial charge in [-0.3, -0.25) is 4.79 Å². The molecule has 1 unspecified atom stereocenters. The van der Waals surface area contributed by atoms with E-state index in [9.17, 15) is 13.2 Å². The summed E-state index contributed by atoms with van der Waals surface area (Å²) in [4.78, 5) is 12.4. The van der Waals surface area contributed by atoms with Crippen LogP contribution in [-0.2, 0) is 21.4 Å². The van der Waals surface area contributed by atoms with Crippen LogP contribution in [0.2, 0.25) is 5.02 Å². The van der Waals surface area contributed by atoms with Gasteiger partial charge in [-0.15, -0.1) is 0 Å². The molecule has 6 nitrogen and oxygen atoms in total. The molecule has 32 heavy (non-hydrogen) atoms. The molecule has 0 bridgehead atoms. The molecule has 0 spiro atoms. The molecular weight excluding hydrogens is 448 g/mol. The summed E-state index contributed by atoms with van der Waals surface area (Å²) in [5, 5.41) is 0.406. The number of nitrogens with zero attached hydrogens (tertiary/aromatic N) is 1. The summed E-state index contributed by atoms with van der Waals surface area (Å²) >= 11 is 6.38. The van der Waals surface area contributed by atoms with Crippen molar-refractivity contribution in [2.45, 2.75) is 25.3 Å². The average Bonchev–Trinajstić information content (AvgIpc) is 2.75. The summed E-state index contributed by atoms with van der Waals surface area (Å²) in [5.74, 6) is -0.101. The van der Waals surface area contributed by atoms with Crippen LogP contribution in [0.1, 0.15) is 16.7 Å². The predicted molar refractivity (Wildman–Crippen MR) is 127 cm³/mol. The Kier molecular flexibility index (Phi) is 6.93. The number of hydrogen-bond acceptors (Lipinski definition) is 4. The number of carbonyl (C=O) groups is 1. The minimum atomic E-state index is -4.13. The van der Waals surface area contributed by atoms with Crippen LogP contribution in [0.3, 0.4) is 0 Å². The second kappa shape index (κ2) is 9.32. The van der Waals surface area contributed by atoms with Crippen LogP contribution in [0.4, 0.5) is 5.69 Å². The van der Waals surface area contributed by atoms with Crippen LogP contribution in [-0.4, -0.2) is 28.0 Å². The number of halogens is 1. The summed E-state index contributed by atoms with van der Waals surface area (Å²) in [6.07, 6.45) is 0. The number of aryl methyl sites for hydroxylation is 1. The summed E-state index contributed by atoms with van der Waals surface area (Å²) < 4.78 is 32.9. The molecule has 1 amide bonds. The van der Waals surface area contributed by atoms with Gasteiger partial charge in [0.25, 0.3) is 5.91 Å². The third-order valence-electron chi connectivity index (χ3n) is 5.47. The molecule has 3 aromatic carbocycles. The maximum atomic E-state index is 14.2. The number of carbonyl (C=O) groups excluding carboxylic acids is 1. The van der Waals surface area contributed by atoms with Crippen molar-refractivity contribution >= 4 is 33.2 Å². The fourth-order valence-corrected chi connectivity index (χ4v) is 5.88. The van der Waals surface area contributed by atoms with E-state index < -0.39 is 26.4 Å². The van der Waals surface area contributed by atoms with Gasteiger partial charge >= 0.3 is 10.0 Å². The first-order chi connectivity index (χ1) is 15.1. The van der Waals surface area contributed by atoms with E-state index in [2.05, 4.69) is 0 Å². The minimum absolute atomic E-state index is 0.0235. The van der Waals surface area contributed by atoms with Gasteiger partial charge < -0.3 is 10.5 Å². The lowest BCUT2D eigenvalue weighted by atomic mass is 10.1. The third kappa shape index (κ3) is 4.50. The number of nitrogens with two attached hydrogens (primary N) is 1. The highest BCUT2D eigenvalue weighted by Gasteiger charge is 2.48. The zero-order chi connectivity index (χ0) is 23.5. The van der Waals surface area contributed by atoms with E-state index in [0.717, 1.165) is 5.56 Å². The van der Waals surface area contributed by atoms with E-state index in [1.165, 1.54) is 0 Å². The lowest BCUT2D eigenvalue weighted by Gasteiger charge is -2.36. The minimum Gasteiger partial charge on any atom is -0.497 e. The summed E-state index contributed by atoms with van der Waals surface area (Å²) in [7, 11) is -2.58. The molecule has 2 N–H and O–H groups in total. The van der Waals surface area contributed by atoms with Gasteiger partial charge in [-0.05, 0) is 56.3 Å². The number of quaternary nitrogens is 1. The first-order valence-corrected chi connectivity index (χ1v) is 11.8. The first-order valence-electron chi connectivity index (χ1n) is 9.96. The molecule has 0 saturated heterocycles. The second-order valence-corrected chi connectivity index (χ2v) is 10.2. The van der Waals surface area contributed by atoms with Crippen LogP contribution in [0, 0.1) is 13.8 Å². The predicted octanol–water partition coefficient (Wildman–Crippen LogP) is 4.35. The number of amides is 1. The molecule has 0 radical (unpaired) electrons. The molecular formula is C24H26ClN2O4S+. The van der Waals surface area contributed by atoms with E-state index in [1.807, 2.05) is 6.92 Å². The molecule has 1 atom stereocenters. The number of sulfonamides is 1. The number of hydrogen-bond donors (Lipinski definition) is 1. The van der Waals surface area contributed by atoms with Gasteiger partial charge in [0.15, 0.2) is 12.2 Å². The van der Waals surface area contributed by atoms with Gasteiger partial charge in [0.05, 0.1) is 7.11 Å². The Labute approximate surface area is 193 Å². The Balaban J connectivity index is 2.33. The number of benzene rings is 3. The Morgan fingerprint density at radius 1 is 1.00 bits per heavy atom. The molecule has 0 heterocycles. The van der Waals surface area contributed by atoms with Crippen LogP contribution in [0.25, 0.3) is 0 Å². The molecule has 3 rings (SSSR count). The lowest BCUT2D eigenvalue weighted by molar-refractivity contribution is -0.118. The van der Waals surface area contributed by atoms with Crippen molar-refractivity contribution in [3.63, 3.8) is 0 Å². The smallest absolute Gasteiger partial charge is 0.332 e. The maximum Gasteiger partial charge on any atom is 0.332 e. The maximum absolute atomic E-state index is 14.2. The van der Waals surface area contributed by atoms with Gasteiger partial charge in [0.2, 0.25) is 0 Å². The SMILES string of the molecule is COc1ccc(C[N+](CC(N)=O)(c2cccc(Cl)c2C)S(=O)(=O)c2ccc(C)cc2)cc1. The van der Waals surface area contributed by atoms with Gasteiger partial charge in [-0.1, -0.05) is 35.4 Å². The van der Waals surface area contributed by atoms with Crippen molar-refractivity contribution in [1.29, 1.82) is 0 Å². The molecule has 0 fully saturated rings. The van der Waals surface area contributed by atoms with Crippen LogP contribution in [0.5, 0.6) is 5.75 Å². The highest BCUT2D eigenvalue weighted by molar-refractivity contribution is 7.91. The Morgan fingerprint density at radius 2 is 1.62 bits per heavy atom. The highest BCUT2D eigenvalue weighted by Crippen LogP contribution is 2.39. The van der Waals surface area contributed by atoms with E-state index in [-0.39, 0.29) is 11.4 Å². The van der Waals surface area contributed by atoms with E-state index in [1.54, 1.807) is 80.8 Å². The molecule has 0 aliphatic heterocycles. The van der Waals surface area contributed by atoms with Gasteiger partial charge in [-0.2, -0.15) is 12.3 Å². The highest BCUT2D eigenvalue weighted by atomic mass is 35.5. The number of ether oxygens (including phenoxy) is 1. The molecule has 168 valence electrons. The number of rotatable bonds is 8. The van der Waals surface area contributed by atoms with Gasteiger partial charge in [0.1, 0.15) is 17.2 Å². The van der Waals surface area contributed by atoms with Gasteiger partial charge in [0, 0.05) is 22.2 Å². The fourth-order valence-electron chi connectivity index (χ4n) is 3.75. The quantitative estimate of drug-likeness (QED) is 0.493. The first kappa shape index (κ1) is 23.8. The van der Waals surface area contributed by atoms with Crippen molar-refractivity contribution < 1.29 is 17.9 Å². The molecule has 3 aromatic rings. The van der Waals surface area contributed by atoms with Crippen molar-refractivity contribution in [1.82, 2.24) is 3.89 Å². The number of primary amides is 1.